The Kier molecular flexibility index (Phi) is 4.31. The fraction of sp³-hybridized carbons (Fsp3) is 0.500. The summed E-state index contributed by atoms with van der Waals surface area (Å²) in [7, 11) is 0. The van der Waals surface area contributed by atoms with Gasteiger partial charge < -0.3 is 10.5 Å². The molecule has 0 aliphatic rings. The first-order valence-electron chi connectivity index (χ1n) is 4.15. The SMILES string of the molecule is CCOC(=O)C(N)Cc1csc(Cl)n1. The number of halogens is 1. The first-order valence-corrected chi connectivity index (χ1v) is 5.41. The normalized spacial score (nSPS) is 12.5. The van der Waals surface area contributed by atoms with Gasteiger partial charge in [-0.25, -0.2) is 4.98 Å². The van der Waals surface area contributed by atoms with E-state index in [2.05, 4.69) is 4.98 Å². The van der Waals surface area contributed by atoms with Crippen LogP contribution < -0.4 is 5.73 Å². The van der Waals surface area contributed by atoms with E-state index in [1.165, 1.54) is 11.3 Å². The molecule has 0 amide bonds. The van der Waals surface area contributed by atoms with Gasteiger partial charge in [0.1, 0.15) is 6.04 Å². The number of hydrogen-bond acceptors (Lipinski definition) is 5. The Morgan fingerprint density at radius 2 is 2.57 bits per heavy atom. The van der Waals surface area contributed by atoms with Crippen molar-refractivity contribution in [2.75, 3.05) is 6.61 Å². The molecule has 1 atom stereocenters. The first-order chi connectivity index (χ1) is 6.63. The molecule has 0 fully saturated rings. The highest BCUT2D eigenvalue weighted by molar-refractivity contribution is 7.13. The minimum atomic E-state index is -0.659. The van der Waals surface area contributed by atoms with Gasteiger partial charge in [-0.3, -0.25) is 4.79 Å². The summed E-state index contributed by atoms with van der Waals surface area (Å²) in [5, 5.41) is 1.78. The Bertz CT molecular complexity index is 316. The van der Waals surface area contributed by atoms with E-state index < -0.39 is 12.0 Å². The summed E-state index contributed by atoms with van der Waals surface area (Å²) in [6.07, 6.45) is 0.363. The first kappa shape index (κ1) is 11.4. The van der Waals surface area contributed by atoms with Crippen LogP contribution >= 0.6 is 22.9 Å². The molecule has 0 radical (unpaired) electrons. The number of carbonyl (C=O) groups is 1. The van der Waals surface area contributed by atoms with Crippen molar-refractivity contribution < 1.29 is 9.53 Å². The number of carbonyl (C=O) groups excluding carboxylic acids is 1. The molecule has 1 aromatic rings. The third-order valence-corrected chi connectivity index (χ3v) is 2.57. The van der Waals surface area contributed by atoms with Gasteiger partial charge in [0, 0.05) is 11.8 Å². The number of thiazole rings is 1. The molecule has 4 nitrogen and oxygen atoms in total. The van der Waals surface area contributed by atoms with Gasteiger partial charge in [0.15, 0.2) is 4.47 Å². The Hall–Kier alpha value is -0.650. The number of nitrogens with two attached hydrogens (primary N) is 1. The van der Waals surface area contributed by atoms with Crippen LogP contribution in [0.1, 0.15) is 12.6 Å². The van der Waals surface area contributed by atoms with Crippen LogP contribution in [0.5, 0.6) is 0 Å². The lowest BCUT2D eigenvalue weighted by Crippen LogP contribution is -2.34. The molecule has 0 aliphatic heterocycles. The van der Waals surface area contributed by atoms with Crippen LogP contribution in [0.25, 0.3) is 0 Å². The Labute approximate surface area is 91.0 Å². The molecule has 14 heavy (non-hydrogen) atoms. The van der Waals surface area contributed by atoms with Crippen molar-refractivity contribution in [3.8, 4) is 0 Å². The van der Waals surface area contributed by atoms with Crippen LogP contribution in [0.3, 0.4) is 0 Å². The van der Waals surface area contributed by atoms with Gasteiger partial charge in [-0.1, -0.05) is 11.6 Å². The van der Waals surface area contributed by atoms with Crippen molar-refractivity contribution in [2.24, 2.45) is 5.73 Å². The average Bonchev–Trinajstić information content (AvgIpc) is 2.51. The van der Waals surface area contributed by atoms with Crippen LogP contribution in [0, 0.1) is 0 Å². The summed E-state index contributed by atoms with van der Waals surface area (Å²) in [5.41, 5.74) is 6.31. The number of rotatable bonds is 4. The zero-order valence-electron chi connectivity index (χ0n) is 7.70. The van der Waals surface area contributed by atoms with E-state index in [4.69, 9.17) is 22.1 Å². The summed E-state index contributed by atoms with van der Waals surface area (Å²) >= 11 is 6.95. The third kappa shape index (κ3) is 3.25. The maximum Gasteiger partial charge on any atom is 0.323 e. The zero-order valence-corrected chi connectivity index (χ0v) is 9.27. The quantitative estimate of drug-likeness (QED) is 0.796. The molecule has 0 saturated heterocycles. The van der Waals surface area contributed by atoms with Gasteiger partial charge in [0.25, 0.3) is 0 Å². The molecule has 6 heteroatoms. The minimum Gasteiger partial charge on any atom is -0.465 e. The van der Waals surface area contributed by atoms with E-state index in [-0.39, 0.29) is 0 Å². The van der Waals surface area contributed by atoms with Crippen molar-refractivity contribution in [1.82, 2.24) is 4.98 Å². The van der Waals surface area contributed by atoms with Gasteiger partial charge in [-0.15, -0.1) is 11.3 Å². The molecule has 1 aromatic heterocycles. The molecule has 2 N–H and O–H groups in total. The smallest absolute Gasteiger partial charge is 0.323 e. The maximum atomic E-state index is 11.1. The second-order valence-electron chi connectivity index (χ2n) is 2.65. The lowest BCUT2D eigenvalue weighted by molar-refractivity contribution is -0.144. The van der Waals surface area contributed by atoms with Crippen LogP contribution in [0.15, 0.2) is 5.38 Å². The molecule has 0 aromatic carbocycles. The fourth-order valence-corrected chi connectivity index (χ4v) is 1.73. The van der Waals surface area contributed by atoms with Gasteiger partial charge in [-0.05, 0) is 6.92 Å². The number of esters is 1. The number of hydrogen-bond donors (Lipinski definition) is 1. The van der Waals surface area contributed by atoms with Crippen molar-refractivity contribution in [3.05, 3.63) is 15.5 Å². The summed E-state index contributed by atoms with van der Waals surface area (Å²) in [5.74, 6) is -0.406. The third-order valence-electron chi connectivity index (χ3n) is 1.54. The number of nitrogens with zero attached hydrogens (tertiary/aromatic N) is 1. The molecule has 0 spiro atoms. The van der Waals surface area contributed by atoms with Gasteiger partial charge in [0.05, 0.1) is 12.3 Å². The fourth-order valence-electron chi connectivity index (χ4n) is 0.934. The minimum absolute atomic E-state index is 0.338. The second-order valence-corrected chi connectivity index (χ2v) is 4.09. The van der Waals surface area contributed by atoms with Crippen LogP contribution in [-0.4, -0.2) is 23.6 Å². The Balaban J connectivity index is 2.48. The molecule has 1 rings (SSSR count). The summed E-state index contributed by atoms with van der Waals surface area (Å²) < 4.78 is 5.22. The van der Waals surface area contributed by atoms with E-state index in [0.29, 0.717) is 17.5 Å². The van der Waals surface area contributed by atoms with Crippen LogP contribution in [0.2, 0.25) is 4.47 Å². The summed E-state index contributed by atoms with van der Waals surface area (Å²) in [4.78, 5) is 15.1. The van der Waals surface area contributed by atoms with Crippen LogP contribution in [0.4, 0.5) is 0 Å². The van der Waals surface area contributed by atoms with E-state index in [1.807, 2.05) is 0 Å². The Morgan fingerprint density at radius 3 is 3.07 bits per heavy atom. The van der Waals surface area contributed by atoms with Crippen molar-refractivity contribution in [3.63, 3.8) is 0 Å². The molecule has 0 aliphatic carbocycles. The monoisotopic (exact) mass is 234 g/mol. The molecule has 0 bridgehead atoms. The van der Waals surface area contributed by atoms with E-state index in [1.54, 1.807) is 12.3 Å². The van der Waals surface area contributed by atoms with Gasteiger partial charge >= 0.3 is 5.97 Å². The largest absolute Gasteiger partial charge is 0.465 e. The van der Waals surface area contributed by atoms with Crippen molar-refractivity contribution in [2.45, 2.75) is 19.4 Å². The topological polar surface area (TPSA) is 65.2 Å². The van der Waals surface area contributed by atoms with Crippen molar-refractivity contribution >= 4 is 28.9 Å². The van der Waals surface area contributed by atoms with Crippen molar-refractivity contribution in [1.29, 1.82) is 0 Å². The molecular weight excluding hydrogens is 224 g/mol. The number of aromatic nitrogens is 1. The van der Waals surface area contributed by atoms with Gasteiger partial charge in [-0.2, -0.15) is 0 Å². The van der Waals surface area contributed by atoms with Crippen LogP contribution in [-0.2, 0) is 16.0 Å². The zero-order chi connectivity index (χ0) is 10.6. The Morgan fingerprint density at radius 1 is 1.86 bits per heavy atom. The second kappa shape index (κ2) is 5.29. The molecular formula is C8H11ClN2O2S. The molecule has 1 unspecified atom stereocenters. The number of ether oxygens (including phenoxy) is 1. The highest BCUT2D eigenvalue weighted by Crippen LogP contribution is 2.15. The molecule has 0 saturated carbocycles. The summed E-state index contributed by atoms with van der Waals surface area (Å²) in [6, 6.07) is -0.659. The average molecular weight is 235 g/mol. The van der Waals surface area contributed by atoms with E-state index in [0.717, 1.165) is 5.69 Å². The standard InChI is InChI=1S/C8H11ClN2O2S/c1-2-13-7(12)6(10)3-5-4-14-8(9)11-5/h4,6H,2-3,10H2,1H3. The van der Waals surface area contributed by atoms with E-state index >= 15 is 0 Å². The van der Waals surface area contributed by atoms with E-state index in [9.17, 15) is 4.79 Å². The lowest BCUT2D eigenvalue weighted by Gasteiger charge is -2.08. The predicted octanol–water partition coefficient (Wildman–Crippen LogP) is 1.23. The maximum absolute atomic E-state index is 11.1. The highest BCUT2D eigenvalue weighted by Gasteiger charge is 2.16. The lowest BCUT2D eigenvalue weighted by atomic mass is 10.2. The summed E-state index contributed by atoms with van der Waals surface area (Å²) in [6.45, 7) is 2.08. The molecule has 1 heterocycles. The predicted molar refractivity (Wildman–Crippen MR) is 55.4 cm³/mol. The van der Waals surface area contributed by atoms with Gasteiger partial charge in [0.2, 0.25) is 0 Å². The molecule has 78 valence electrons. The highest BCUT2D eigenvalue weighted by atomic mass is 35.5.